The van der Waals surface area contributed by atoms with E-state index in [0.717, 1.165) is 5.56 Å². The van der Waals surface area contributed by atoms with Gasteiger partial charge in [-0.1, -0.05) is 30.3 Å². The number of fused-ring (bicyclic) bond motifs is 1. The van der Waals surface area contributed by atoms with Gasteiger partial charge in [-0.25, -0.2) is 8.42 Å². The van der Waals surface area contributed by atoms with Gasteiger partial charge in [0.05, 0.1) is 37.8 Å². The van der Waals surface area contributed by atoms with Gasteiger partial charge in [0.2, 0.25) is 10.0 Å². The molecule has 1 fully saturated rings. The molecule has 0 aliphatic carbocycles. The molecule has 0 radical (unpaired) electrons. The van der Waals surface area contributed by atoms with Gasteiger partial charge in [-0.3, -0.25) is 0 Å². The predicted molar refractivity (Wildman–Crippen MR) is 74.4 cm³/mol. The zero-order valence-corrected chi connectivity index (χ0v) is 12.0. The maximum Gasteiger partial charge on any atom is 0.212 e. The molecule has 0 amide bonds. The van der Waals surface area contributed by atoms with Gasteiger partial charge in [-0.2, -0.15) is 4.31 Å². The lowest BCUT2D eigenvalue weighted by Crippen LogP contribution is -2.29. The first-order chi connectivity index (χ1) is 9.57. The van der Waals surface area contributed by atoms with E-state index in [0.29, 0.717) is 13.2 Å². The molecule has 0 spiro atoms. The van der Waals surface area contributed by atoms with E-state index >= 15 is 0 Å². The van der Waals surface area contributed by atoms with Crippen LogP contribution in [0.25, 0.3) is 0 Å². The second-order valence-electron chi connectivity index (χ2n) is 5.08. The summed E-state index contributed by atoms with van der Waals surface area (Å²) >= 11 is 0. The van der Waals surface area contributed by atoms with Gasteiger partial charge in [0.15, 0.2) is 0 Å². The van der Waals surface area contributed by atoms with Gasteiger partial charge in [-0.05, 0) is 11.6 Å². The summed E-state index contributed by atoms with van der Waals surface area (Å²) in [5.74, 6) is 0. The number of nitrogens with zero attached hydrogens (tertiary/aromatic N) is 1. The molecule has 0 aromatic heterocycles. The molecule has 4 atom stereocenters. The first-order valence-electron chi connectivity index (χ1n) is 6.50. The fourth-order valence-corrected chi connectivity index (χ4v) is 3.87. The molecule has 20 heavy (non-hydrogen) atoms. The minimum atomic E-state index is -3.18. The number of benzene rings is 1. The smallest absolute Gasteiger partial charge is 0.212 e. The summed E-state index contributed by atoms with van der Waals surface area (Å²) < 4.78 is 35.8. The molecule has 5 nitrogen and oxygen atoms in total. The van der Waals surface area contributed by atoms with Crippen LogP contribution in [-0.4, -0.2) is 43.8 Å². The Morgan fingerprint density at radius 2 is 2.05 bits per heavy atom. The second-order valence-corrected chi connectivity index (χ2v) is 6.97. The summed E-state index contributed by atoms with van der Waals surface area (Å²) in [5.41, 5.74) is 1.09. The second kappa shape index (κ2) is 5.20. The summed E-state index contributed by atoms with van der Waals surface area (Å²) in [6.45, 7) is 0.882. The van der Waals surface area contributed by atoms with Crippen LogP contribution in [0.3, 0.4) is 0 Å². The third kappa shape index (κ3) is 2.72. The number of hydrogen-bond donors (Lipinski definition) is 0. The highest BCUT2D eigenvalue weighted by atomic mass is 32.2. The van der Waals surface area contributed by atoms with E-state index in [-0.39, 0.29) is 18.2 Å². The van der Waals surface area contributed by atoms with E-state index in [1.54, 1.807) is 12.3 Å². The molecular weight excluding hydrogens is 278 g/mol. The number of sulfonamides is 1. The summed E-state index contributed by atoms with van der Waals surface area (Å²) in [6, 6.07) is 9.67. The molecule has 1 saturated heterocycles. The third-order valence-electron chi connectivity index (χ3n) is 3.53. The highest BCUT2D eigenvalue weighted by molar-refractivity contribution is 7.88. The maximum absolute atomic E-state index is 11.6. The van der Waals surface area contributed by atoms with E-state index in [2.05, 4.69) is 0 Å². The van der Waals surface area contributed by atoms with Gasteiger partial charge in [0.25, 0.3) is 0 Å². The molecule has 2 heterocycles. The number of rotatable bonds is 5. The lowest BCUT2D eigenvalue weighted by Gasteiger charge is -2.18. The van der Waals surface area contributed by atoms with Crippen LogP contribution in [0.15, 0.2) is 42.7 Å². The van der Waals surface area contributed by atoms with Crippen molar-refractivity contribution in [3.05, 3.63) is 48.2 Å². The Bertz CT molecular complexity index is 599. The van der Waals surface area contributed by atoms with Crippen LogP contribution in [0.5, 0.6) is 0 Å². The van der Waals surface area contributed by atoms with Gasteiger partial charge in [-0.15, -0.1) is 0 Å². The lowest BCUT2D eigenvalue weighted by atomic mass is 10.2. The van der Waals surface area contributed by atoms with E-state index in [4.69, 9.17) is 9.47 Å². The molecule has 0 saturated carbocycles. The Hall–Kier alpha value is -1.37. The molecule has 3 rings (SSSR count). The van der Waals surface area contributed by atoms with Crippen molar-refractivity contribution in [2.24, 2.45) is 0 Å². The van der Waals surface area contributed by atoms with Crippen molar-refractivity contribution in [1.29, 1.82) is 0 Å². The molecular formula is C14H17NO4S. The largest absolute Gasteiger partial charge is 0.494 e. The Kier molecular flexibility index (Phi) is 3.54. The van der Waals surface area contributed by atoms with E-state index in [1.807, 2.05) is 30.3 Å². The predicted octanol–water partition coefficient (Wildman–Crippen LogP) is 1.13. The van der Waals surface area contributed by atoms with Crippen LogP contribution in [0.2, 0.25) is 0 Å². The minimum Gasteiger partial charge on any atom is -0.494 e. The summed E-state index contributed by atoms with van der Waals surface area (Å²) in [7, 11) is -3.18. The first kappa shape index (κ1) is 13.6. The van der Waals surface area contributed by atoms with Crippen LogP contribution in [-0.2, 0) is 26.1 Å². The maximum atomic E-state index is 11.6. The molecule has 3 unspecified atom stereocenters. The van der Waals surface area contributed by atoms with Gasteiger partial charge >= 0.3 is 0 Å². The van der Waals surface area contributed by atoms with Gasteiger partial charge < -0.3 is 9.47 Å². The summed E-state index contributed by atoms with van der Waals surface area (Å²) in [6.07, 6.45) is 4.34. The minimum absolute atomic E-state index is 0.0657. The fraction of sp³-hybridized carbons (Fsp3) is 0.429. The molecule has 108 valence electrons. The highest BCUT2D eigenvalue weighted by Crippen LogP contribution is 2.39. The Labute approximate surface area is 118 Å². The fourth-order valence-electron chi connectivity index (χ4n) is 2.58. The molecule has 6 heteroatoms. The Balaban J connectivity index is 1.55. The van der Waals surface area contributed by atoms with Crippen LogP contribution < -0.4 is 0 Å². The molecule has 1 aromatic carbocycles. The van der Waals surface area contributed by atoms with Crippen LogP contribution in [0, 0.1) is 0 Å². The van der Waals surface area contributed by atoms with Crippen LogP contribution >= 0.6 is 0 Å². The Morgan fingerprint density at radius 1 is 1.30 bits per heavy atom. The standard InChI is InChI=1S/C14H17NO4S/c1-20(16,17)15-12-7-8-19-13(14(12)15)10-18-9-11-5-3-2-4-6-11/h2-8,12-14H,9-10H2,1H3/t12?,13?,14-,15?/m1/s1. The quantitative estimate of drug-likeness (QED) is 0.764. The lowest BCUT2D eigenvalue weighted by molar-refractivity contribution is 0.0133. The summed E-state index contributed by atoms with van der Waals surface area (Å²) in [5, 5.41) is 0. The molecule has 0 bridgehead atoms. The average Bonchev–Trinajstić information content (AvgIpc) is 3.15. The van der Waals surface area contributed by atoms with Gasteiger partial charge in [0.1, 0.15) is 6.10 Å². The van der Waals surface area contributed by atoms with Crippen molar-refractivity contribution in [3.8, 4) is 0 Å². The van der Waals surface area contributed by atoms with Crippen molar-refractivity contribution >= 4 is 10.0 Å². The molecule has 1 aromatic rings. The van der Waals surface area contributed by atoms with Crippen molar-refractivity contribution in [3.63, 3.8) is 0 Å². The zero-order chi connectivity index (χ0) is 14.2. The Morgan fingerprint density at radius 3 is 2.75 bits per heavy atom. The average molecular weight is 295 g/mol. The van der Waals surface area contributed by atoms with E-state index in [9.17, 15) is 8.42 Å². The van der Waals surface area contributed by atoms with Crippen LogP contribution in [0.4, 0.5) is 0 Å². The molecule has 2 aliphatic heterocycles. The molecule has 0 N–H and O–H groups in total. The first-order valence-corrected chi connectivity index (χ1v) is 8.34. The van der Waals surface area contributed by atoms with E-state index in [1.165, 1.54) is 10.6 Å². The number of hydrogen-bond acceptors (Lipinski definition) is 4. The monoisotopic (exact) mass is 295 g/mol. The van der Waals surface area contributed by atoms with E-state index < -0.39 is 10.0 Å². The zero-order valence-electron chi connectivity index (χ0n) is 11.2. The van der Waals surface area contributed by atoms with Crippen molar-refractivity contribution in [2.45, 2.75) is 24.8 Å². The van der Waals surface area contributed by atoms with Crippen molar-refractivity contribution < 1.29 is 17.9 Å². The van der Waals surface area contributed by atoms with Gasteiger partial charge in [0, 0.05) is 0 Å². The van der Waals surface area contributed by atoms with Crippen LogP contribution in [0.1, 0.15) is 5.56 Å². The highest BCUT2D eigenvalue weighted by Gasteiger charge is 2.58. The topological polar surface area (TPSA) is 55.6 Å². The third-order valence-corrected chi connectivity index (χ3v) is 4.79. The van der Waals surface area contributed by atoms with Crippen molar-refractivity contribution in [2.75, 3.05) is 12.9 Å². The molecule has 2 aliphatic rings. The normalized spacial score (nSPS) is 31.4. The summed E-state index contributed by atoms with van der Waals surface area (Å²) in [4.78, 5) is 0. The number of ether oxygens (including phenoxy) is 2. The van der Waals surface area contributed by atoms with Crippen molar-refractivity contribution in [1.82, 2.24) is 4.31 Å². The SMILES string of the molecule is CS(=O)(=O)N1C2C=COC(COCc3ccccc3)[C@@H]21.